The Balaban J connectivity index is 2.30. The van der Waals surface area contributed by atoms with E-state index in [4.69, 9.17) is 10.2 Å². The number of hydrogen-bond acceptors (Lipinski definition) is 4. The molecule has 0 bridgehead atoms. The van der Waals surface area contributed by atoms with E-state index in [1.807, 2.05) is 0 Å². The molecule has 108 valence electrons. The van der Waals surface area contributed by atoms with Crippen molar-refractivity contribution in [3.8, 4) is 0 Å². The van der Waals surface area contributed by atoms with E-state index in [0.29, 0.717) is 12.3 Å². The number of nitrogens with zero attached hydrogens (tertiary/aromatic N) is 1. The lowest BCUT2D eigenvalue weighted by molar-refractivity contribution is 0.394. The summed E-state index contributed by atoms with van der Waals surface area (Å²) in [4.78, 5) is 0.191. The van der Waals surface area contributed by atoms with Crippen LogP contribution < -0.4 is 5.73 Å². The summed E-state index contributed by atoms with van der Waals surface area (Å²) in [5.74, 6) is 0.469. The second-order valence-corrected chi connectivity index (χ2v) is 7.33. The average molecular weight is 351 g/mol. The molecule has 0 aliphatic heterocycles. The minimum atomic E-state index is -3.49. The Morgan fingerprint density at radius 2 is 2.21 bits per heavy atom. The topological polar surface area (TPSA) is 76.5 Å². The Morgan fingerprint density at radius 3 is 2.68 bits per heavy atom. The van der Waals surface area contributed by atoms with Gasteiger partial charge in [0.25, 0.3) is 0 Å². The van der Waals surface area contributed by atoms with Crippen LogP contribution in [0.2, 0.25) is 0 Å². The monoisotopic (exact) mass is 350 g/mol. The van der Waals surface area contributed by atoms with Gasteiger partial charge in [0.15, 0.2) is 4.67 Å². The first kappa shape index (κ1) is 15.0. The first-order valence-electron chi connectivity index (χ1n) is 6.50. The molecule has 1 aromatic heterocycles. The number of halogens is 1. The van der Waals surface area contributed by atoms with Crippen molar-refractivity contribution in [3.05, 3.63) is 16.5 Å². The third kappa shape index (κ3) is 3.21. The fraction of sp³-hybridized carbons (Fsp3) is 0.667. The van der Waals surface area contributed by atoms with Crippen LogP contribution in [0.4, 0.5) is 0 Å². The Morgan fingerprint density at radius 1 is 1.53 bits per heavy atom. The Bertz CT molecular complexity index is 537. The van der Waals surface area contributed by atoms with Crippen molar-refractivity contribution in [2.75, 3.05) is 6.54 Å². The fourth-order valence-electron chi connectivity index (χ4n) is 1.98. The SMILES string of the molecule is CCCCN(C1CC1)S(=O)(=O)c1cc(CN)oc1Br. The molecule has 2 N–H and O–H groups in total. The summed E-state index contributed by atoms with van der Waals surface area (Å²) in [5.41, 5.74) is 5.48. The summed E-state index contributed by atoms with van der Waals surface area (Å²) in [5, 5.41) is 0. The summed E-state index contributed by atoms with van der Waals surface area (Å²) in [6.45, 7) is 2.81. The quantitative estimate of drug-likeness (QED) is 0.819. The molecule has 0 radical (unpaired) electrons. The Kier molecular flexibility index (Phi) is 4.70. The highest BCUT2D eigenvalue weighted by Crippen LogP contribution is 2.35. The van der Waals surface area contributed by atoms with Crippen molar-refractivity contribution in [2.24, 2.45) is 5.73 Å². The normalized spacial score (nSPS) is 16.2. The van der Waals surface area contributed by atoms with Crippen molar-refractivity contribution in [2.45, 2.75) is 50.1 Å². The van der Waals surface area contributed by atoms with Gasteiger partial charge in [-0.3, -0.25) is 0 Å². The molecule has 0 spiro atoms. The van der Waals surface area contributed by atoms with E-state index in [9.17, 15) is 8.42 Å². The molecule has 1 fully saturated rings. The molecule has 0 atom stereocenters. The zero-order valence-electron chi connectivity index (χ0n) is 10.9. The number of nitrogens with two attached hydrogens (primary N) is 1. The van der Waals surface area contributed by atoms with Gasteiger partial charge in [-0.25, -0.2) is 8.42 Å². The minimum absolute atomic E-state index is 0.152. The van der Waals surface area contributed by atoms with Gasteiger partial charge in [-0.1, -0.05) is 13.3 Å². The van der Waals surface area contributed by atoms with Gasteiger partial charge in [0.1, 0.15) is 10.7 Å². The smallest absolute Gasteiger partial charge is 0.247 e. The largest absolute Gasteiger partial charge is 0.452 e. The van der Waals surface area contributed by atoms with E-state index in [1.54, 1.807) is 4.31 Å². The molecule has 0 amide bonds. The maximum atomic E-state index is 12.7. The van der Waals surface area contributed by atoms with Crippen LogP contribution in [-0.4, -0.2) is 25.3 Å². The van der Waals surface area contributed by atoms with Crippen LogP contribution in [-0.2, 0) is 16.6 Å². The van der Waals surface area contributed by atoms with Crippen LogP contribution >= 0.6 is 15.9 Å². The molecule has 0 aromatic carbocycles. The first-order chi connectivity index (χ1) is 9.00. The summed E-state index contributed by atoms with van der Waals surface area (Å²) in [6, 6.07) is 1.67. The highest BCUT2D eigenvalue weighted by Gasteiger charge is 2.39. The van der Waals surface area contributed by atoms with Gasteiger partial charge in [-0.15, -0.1) is 0 Å². The predicted molar refractivity (Wildman–Crippen MR) is 76.1 cm³/mol. The maximum absolute atomic E-state index is 12.7. The molecule has 1 aliphatic carbocycles. The second kappa shape index (κ2) is 5.95. The second-order valence-electron chi connectivity index (χ2n) is 4.76. The molecule has 19 heavy (non-hydrogen) atoms. The molecular weight excluding hydrogens is 332 g/mol. The van der Waals surface area contributed by atoms with E-state index in [0.717, 1.165) is 25.7 Å². The van der Waals surface area contributed by atoms with E-state index >= 15 is 0 Å². The highest BCUT2D eigenvalue weighted by molar-refractivity contribution is 9.10. The summed E-state index contributed by atoms with van der Waals surface area (Å²) in [6.07, 6.45) is 3.73. The summed E-state index contributed by atoms with van der Waals surface area (Å²) in [7, 11) is -3.49. The Labute approximate surface area is 122 Å². The number of hydrogen-bond donors (Lipinski definition) is 1. The summed E-state index contributed by atoms with van der Waals surface area (Å²) >= 11 is 3.17. The molecule has 0 unspecified atom stereocenters. The van der Waals surface area contributed by atoms with Gasteiger partial charge in [-0.05, 0) is 35.2 Å². The van der Waals surface area contributed by atoms with Gasteiger partial charge in [0.05, 0.1) is 6.54 Å². The van der Waals surface area contributed by atoms with E-state index in [2.05, 4.69) is 22.9 Å². The van der Waals surface area contributed by atoms with Crippen molar-refractivity contribution in [1.82, 2.24) is 4.31 Å². The molecule has 0 saturated heterocycles. The van der Waals surface area contributed by atoms with Crippen LogP contribution in [0.1, 0.15) is 38.4 Å². The van der Waals surface area contributed by atoms with Gasteiger partial charge in [0.2, 0.25) is 10.0 Å². The van der Waals surface area contributed by atoms with Crippen molar-refractivity contribution < 1.29 is 12.8 Å². The molecule has 5 nitrogen and oxygen atoms in total. The molecular formula is C12H19BrN2O3S. The first-order valence-corrected chi connectivity index (χ1v) is 8.74. The zero-order chi connectivity index (χ0) is 14.0. The van der Waals surface area contributed by atoms with Crippen molar-refractivity contribution in [1.29, 1.82) is 0 Å². The number of sulfonamides is 1. The van der Waals surface area contributed by atoms with Gasteiger partial charge >= 0.3 is 0 Å². The highest BCUT2D eigenvalue weighted by atomic mass is 79.9. The van der Waals surface area contributed by atoms with E-state index in [1.165, 1.54) is 6.07 Å². The van der Waals surface area contributed by atoms with Gasteiger partial charge in [0, 0.05) is 18.7 Å². The van der Waals surface area contributed by atoms with Gasteiger partial charge in [-0.2, -0.15) is 4.31 Å². The third-order valence-corrected chi connectivity index (χ3v) is 5.99. The standard InChI is InChI=1S/C12H19BrN2O3S/c1-2-3-6-15(9-4-5-9)19(16,17)11-7-10(8-14)18-12(11)13/h7,9H,2-6,8,14H2,1H3. The van der Waals surface area contributed by atoms with E-state index < -0.39 is 10.0 Å². The van der Waals surface area contributed by atoms with E-state index in [-0.39, 0.29) is 22.2 Å². The number of unbranched alkanes of at least 4 members (excludes halogenated alkanes) is 1. The maximum Gasteiger partial charge on any atom is 0.247 e. The molecule has 1 aliphatic rings. The van der Waals surface area contributed by atoms with Crippen LogP contribution in [0, 0.1) is 0 Å². The lowest BCUT2D eigenvalue weighted by Crippen LogP contribution is -2.34. The lowest BCUT2D eigenvalue weighted by Gasteiger charge is -2.20. The van der Waals surface area contributed by atoms with Crippen LogP contribution in [0.15, 0.2) is 20.0 Å². The van der Waals surface area contributed by atoms with Crippen LogP contribution in [0.3, 0.4) is 0 Å². The number of rotatable bonds is 7. The minimum Gasteiger partial charge on any atom is -0.452 e. The van der Waals surface area contributed by atoms with Crippen molar-refractivity contribution in [3.63, 3.8) is 0 Å². The third-order valence-electron chi connectivity index (χ3n) is 3.18. The Hall–Kier alpha value is -0.370. The average Bonchev–Trinajstić information content (AvgIpc) is 3.11. The molecule has 1 heterocycles. The molecule has 1 saturated carbocycles. The molecule has 2 rings (SSSR count). The lowest BCUT2D eigenvalue weighted by atomic mass is 10.3. The summed E-state index contributed by atoms with van der Waals surface area (Å²) < 4.78 is 32.5. The molecule has 7 heteroatoms. The zero-order valence-corrected chi connectivity index (χ0v) is 13.3. The molecule has 1 aromatic rings. The van der Waals surface area contributed by atoms with Crippen LogP contribution in [0.25, 0.3) is 0 Å². The van der Waals surface area contributed by atoms with Crippen molar-refractivity contribution >= 4 is 26.0 Å². The van der Waals surface area contributed by atoms with Crippen LogP contribution in [0.5, 0.6) is 0 Å². The predicted octanol–water partition coefficient (Wildman–Crippen LogP) is 2.45. The number of furan rings is 1. The van der Waals surface area contributed by atoms with Gasteiger partial charge < -0.3 is 10.2 Å². The fourth-order valence-corrected chi connectivity index (χ4v) is 4.66.